The van der Waals surface area contributed by atoms with Crippen LogP contribution in [-0.2, 0) is 0 Å². The second-order valence-corrected chi connectivity index (χ2v) is 5.20. The van der Waals surface area contributed by atoms with Crippen LogP contribution in [0.4, 0.5) is 0 Å². The molecular formula is C14H11NO4S. The maximum Gasteiger partial charge on any atom is 0.345 e. The van der Waals surface area contributed by atoms with Crippen molar-refractivity contribution in [2.75, 3.05) is 14.2 Å². The number of fused-ring (bicyclic) bond motifs is 2. The Morgan fingerprint density at radius 3 is 2.60 bits per heavy atom. The topological polar surface area (TPSA) is 68.7 Å². The van der Waals surface area contributed by atoms with Crippen molar-refractivity contribution >= 4 is 38.2 Å². The maximum atomic E-state index is 11.2. The molecule has 0 amide bonds. The van der Waals surface area contributed by atoms with Crippen molar-refractivity contribution in [2.45, 2.75) is 0 Å². The molecule has 0 saturated heterocycles. The Kier molecular flexibility index (Phi) is 2.94. The van der Waals surface area contributed by atoms with Gasteiger partial charge in [-0.25, -0.2) is 4.79 Å². The number of ether oxygens (including phenoxy) is 2. The van der Waals surface area contributed by atoms with Crippen LogP contribution in [0.2, 0.25) is 0 Å². The molecule has 1 aromatic carbocycles. The van der Waals surface area contributed by atoms with Gasteiger partial charge in [-0.05, 0) is 12.1 Å². The Bertz CT molecular complexity index is 764. The molecule has 0 aliphatic heterocycles. The molecule has 0 radical (unpaired) electrons. The molecule has 0 spiro atoms. The van der Waals surface area contributed by atoms with Gasteiger partial charge in [-0.2, -0.15) is 0 Å². The fourth-order valence-corrected chi connectivity index (χ4v) is 3.33. The van der Waals surface area contributed by atoms with Crippen LogP contribution in [0.1, 0.15) is 9.67 Å². The zero-order chi connectivity index (χ0) is 14.3. The zero-order valence-electron chi connectivity index (χ0n) is 10.8. The molecule has 0 aliphatic carbocycles. The minimum absolute atomic E-state index is 0.250. The Hall–Kier alpha value is -2.34. The van der Waals surface area contributed by atoms with E-state index in [-0.39, 0.29) is 4.88 Å². The fourth-order valence-electron chi connectivity index (χ4n) is 2.30. The van der Waals surface area contributed by atoms with Gasteiger partial charge in [0.1, 0.15) is 16.4 Å². The molecule has 3 aromatic rings. The normalized spacial score (nSPS) is 10.9. The molecule has 0 fully saturated rings. The summed E-state index contributed by atoms with van der Waals surface area (Å²) in [7, 11) is 3.13. The van der Waals surface area contributed by atoms with E-state index in [1.807, 2.05) is 6.07 Å². The third kappa shape index (κ3) is 1.69. The van der Waals surface area contributed by atoms with Crippen LogP contribution in [0.3, 0.4) is 0 Å². The number of methoxy groups -OCH3 is 2. The van der Waals surface area contributed by atoms with Crippen molar-refractivity contribution in [2.24, 2.45) is 0 Å². The highest BCUT2D eigenvalue weighted by atomic mass is 32.1. The fraction of sp³-hybridized carbons (Fsp3) is 0.143. The molecule has 20 heavy (non-hydrogen) atoms. The summed E-state index contributed by atoms with van der Waals surface area (Å²) < 4.78 is 11.7. The van der Waals surface area contributed by atoms with Gasteiger partial charge in [-0.15, -0.1) is 11.3 Å². The first kappa shape index (κ1) is 12.7. The van der Waals surface area contributed by atoms with Gasteiger partial charge in [0.25, 0.3) is 0 Å². The predicted molar refractivity (Wildman–Crippen MR) is 77.2 cm³/mol. The van der Waals surface area contributed by atoms with Crippen molar-refractivity contribution in [3.05, 3.63) is 29.4 Å². The molecule has 2 heterocycles. The maximum absolute atomic E-state index is 11.2. The Morgan fingerprint density at radius 2 is 1.95 bits per heavy atom. The largest absolute Gasteiger partial charge is 0.495 e. The van der Waals surface area contributed by atoms with Gasteiger partial charge in [-0.1, -0.05) is 0 Å². The van der Waals surface area contributed by atoms with Crippen LogP contribution >= 0.6 is 11.3 Å². The van der Waals surface area contributed by atoms with E-state index in [4.69, 9.17) is 14.6 Å². The summed E-state index contributed by atoms with van der Waals surface area (Å²) in [5.41, 5.74) is 0. The molecule has 102 valence electrons. The predicted octanol–water partition coefficient (Wildman–Crippen LogP) is 3.16. The van der Waals surface area contributed by atoms with Crippen LogP contribution in [0, 0.1) is 0 Å². The van der Waals surface area contributed by atoms with Crippen molar-refractivity contribution in [1.29, 1.82) is 0 Å². The first-order valence-corrected chi connectivity index (χ1v) is 6.63. The highest BCUT2D eigenvalue weighted by Gasteiger charge is 2.20. The number of hydrogen-bond acceptors (Lipinski definition) is 5. The van der Waals surface area contributed by atoms with Gasteiger partial charge in [0, 0.05) is 28.6 Å². The first-order valence-electron chi connectivity index (χ1n) is 5.82. The number of aromatic carboxylic acids is 1. The Morgan fingerprint density at radius 1 is 1.20 bits per heavy atom. The monoisotopic (exact) mass is 289 g/mol. The molecule has 3 rings (SSSR count). The summed E-state index contributed by atoms with van der Waals surface area (Å²) in [4.78, 5) is 15.5. The van der Waals surface area contributed by atoms with E-state index in [0.717, 1.165) is 20.9 Å². The number of carboxylic acids is 1. The Labute approximate surface area is 118 Å². The third-order valence-electron chi connectivity index (χ3n) is 3.11. The highest BCUT2D eigenvalue weighted by molar-refractivity contribution is 7.21. The van der Waals surface area contributed by atoms with Gasteiger partial charge < -0.3 is 14.6 Å². The second-order valence-electron chi connectivity index (χ2n) is 4.15. The third-order valence-corrected chi connectivity index (χ3v) is 4.23. The van der Waals surface area contributed by atoms with E-state index in [0.29, 0.717) is 11.5 Å². The smallest absolute Gasteiger partial charge is 0.345 e. The minimum atomic E-state index is -0.961. The molecule has 2 aromatic heterocycles. The number of hydrogen-bond donors (Lipinski definition) is 1. The van der Waals surface area contributed by atoms with E-state index >= 15 is 0 Å². The average Bonchev–Trinajstić information content (AvgIpc) is 2.89. The minimum Gasteiger partial charge on any atom is -0.495 e. The Balaban J connectivity index is 2.54. The molecule has 0 atom stereocenters. The van der Waals surface area contributed by atoms with Crippen molar-refractivity contribution in [3.8, 4) is 11.5 Å². The second kappa shape index (κ2) is 4.64. The molecule has 6 heteroatoms. The SMILES string of the molecule is COc1c2ccncc2c(OC)c2sc(C(=O)O)cc12. The number of thiophene rings is 1. The molecule has 0 saturated carbocycles. The average molecular weight is 289 g/mol. The van der Waals surface area contributed by atoms with Crippen LogP contribution < -0.4 is 9.47 Å². The number of rotatable bonds is 3. The van der Waals surface area contributed by atoms with Gasteiger partial charge in [0.05, 0.1) is 18.9 Å². The number of carboxylic acid groups (broad SMARTS) is 1. The lowest BCUT2D eigenvalue weighted by atomic mass is 10.1. The lowest BCUT2D eigenvalue weighted by Gasteiger charge is -2.11. The van der Waals surface area contributed by atoms with Crippen LogP contribution in [0.15, 0.2) is 24.5 Å². The zero-order valence-corrected chi connectivity index (χ0v) is 11.7. The number of benzene rings is 1. The number of nitrogens with zero attached hydrogens (tertiary/aromatic N) is 1. The summed E-state index contributed by atoms with van der Waals surface area (Å²) in [6, 6.07) is 3.44. The molecular weight excluding hydrogens is 278 g/mol. The van der Waals surface area contributed by atoms with E-state index in [1.165, 1.54) is 11.3 Å². The van der Waals surface area contributed by atoms with Gasteiger partial charge >= 0.3 is 5.97 Å². The van der Waals surface area contributed by atoms with E-state index < -0.39 is 5.97 Å². The van der Waals surface area contributed by atoms with Crippen molar-refractivity contribution in [1.82, 2.24) is 4.98 Å². The number of carbonyl (C=O) groups is 1. The van der Waals surface area contributed by atoms with E-state index in [9.17, 15) is 4.79 Å². The molecule has 0 bridgehead atoms. The summed E-state index contributed by atoms with van der Waals surface area (Å²) in [6.45, 7) is 0. The van der Waals surface area contributed by atoms with Gasteiger partial charge in [-0.3, -0.25) is 4.98 Å². The van der Waals surface area contributed by atoms with E-state index in [2.05, 4.69) is 4.98 Å². The van der Waals surface area contributed by atoms with Gasteiger partial charge in [0.15, 0.2) is 0 Å². The number of pyridine rings is 1. The van der Waals surface area contributed by atoms with Gasteiger partial charge in [0.2, 0.25) is 0 Å². The van der Waals surface area contributed by atoms with Crippen LogP contribution in [-0.4, -0.2) is 30.3 Å². The lowest BCUT2D eigenvalue weighted by Crippen LogP contribution is -1.91. The van der Waals surface area contributed by atoms with Crippen LogP contribution in [0.5, 0.6) is 11.5 Å². The summed E-state index contributed by atoms with van der Waals surface area (Å²) >= 11 is 1.17. The standard InChI is InChI=1S/C14H11NO4S/c1-18-11-7-3-4-15-6-9(7)12(19-2)13-8(11)5-10(20-13)14(16)17/h3-6H,1-2H3,(H,16,17). The molecule has 0 unspecified atom stereocenters. The number of aromatic nitrogens is 1. The lowest BCUT2D eigenvalue weighted by molar-refractivity contribution is 0.0702. The van der Waals surface area contributed by atoms with Crippen molar-refractivity contribution < 1.29 is 19.4 Å². The van der Waals surface area contributed by atoms with Crippen molar-refractivity contribution in [3.63, 3.8) is 0 Å². The summed E-state index contributed by atoms with van der Waals surface area (Å²) in [5, 5.41) is 11.6. The summed E-state index contributed by atoms with van der Waals surface area (Å²) in [5.74, 6) is 0.306. The summed E-state index contributed by atoms with van der Waals surface area (Å²) in [6.07, 6.45) is 3.36. The molecule has 1 N–H and O–H groups in total. The van der Waals surface area contributed by atoms with E-state index in [1.54, 1.807) is 32.7 Å². The van der Waals surface area contributed by atoms with Crippen LogP contribution in [0.25, 0.3) is 20.9 Å². The quantitative estimate of drug-likeness (QED) is 0.802. The highest BCUT2D eigenvalue weighted by Crippen LogP contribution is 2.45. The first-order chi connectivity index (χ1) is 9.67. The molecule has 5 nitrogen and oxygen atoms in total. The molecule has 0 aliphatic rings.